The average Bonchev–Trinajstić information content (AvgIpc) is 2.59. The Labute approximate surface area is 90.1 Å². The second-order valence-electron chi connectivity index (χ2n) is 4.46. The highest BCUT2D eigenvalue weighted by atomic mass is 16.2. The van der Waals surface area contributed by atoms with Crippen molar-refractivity contribution in [2.45, 2.75) is 33.4 Å². The molecular weight excluding hydrogens is 188 g/mol. The summed E-state index contributed by atoms with van der Waals surface area (Å²) in [6.45, 7) is 5.55. The predicted octanol–water partition coefficient (Wildman–Crippen LogP) is 1.97. The Morgan fingerprint density at radius 3 is 3.00 bits per heavy atom. The lowest BCUT2D eigenvalue weighted by Gasteiger charge is -2.16. The Balaban J connectivity index is 2.04. The molecule has 2 rings (SSSR count). The fourth-order valence-corrected chi connectivity index (χ4v) is 1.85. The van der Waals surface area contributed by atoms with Crippen molar-refractivity contribution in [3.05, 3.63) is 29.6 Å². The van der Waals surface area contributed by atoms with Crippen LogP contribution in [-0.2, 0) is 17.9 Å². The third-order valence-electron chi connectivity index (χ3n) is 2.62. The van der Waals surface area contributed by atoms with Gasteiger partial charge in [0, 0.05) is 19.2 Å². The van der Waals surface area contributed by atoms with Crippen molar-refractivity contribution in [2.24, 2.45) is 5.92 Å². The molecule has 1 aliphatic heterocycles. The van der Waals surface area contributed by atoms with Crippen LogP contribution in [0, 0.1) is 5.92 Å². The summed E-state index contributed by atoms with van der Waals surface area (Å²) in [5, 5.41) is 0. The number of amides is 1. The van der Waals surface area contributed by atoms with Crippen molar-refractivity contribution in [1.29, 1.82) is 0 Å². The minimum atomic E-state index is 0.239. The van der Waals surface area contributed by atoms with Gasteiger partial charge in [-0.25, -0.2) is 0 Å². The van der Waals surface area contributed by atoms with E-state index in [1.54, 1.807) is 6.20 Å². The van der Waals surface area contributed by atoms with Crippen molar-refractivity contribution >= 4 is 5.91 Å². The smallest absolute Gasteiger partial charge is 0.223 e. The van der Waals surface area contributed by atoms with Crippen molar-refractivity contribution in [1.82, 2.24) is 9.88 Å². The molecule has 0 saturated carbocycles. The lowest BCUT2D eigenvalue weighted by Crippen LogP contribution is -2.26. The molecule has 0 aliphatic carbocycles. The quantitative estimate of drug-likeness (QED) is 0.738. The lowest BCUT2D eigenvalue weighted by atomic mass is 10.1. The molecule has 1 aromatic heterocycles. The van der Waals surface area contributed by atoms with E-state index in [-0.39, 0.29) is 5.91 Å². The van der Waals surface area contributed by atoms with Crippen LogP contribution in [0.2, 0.25) is 0 Å². The highest BCUT2D eigenvalue weighted by Gasteiger charge is 2.23. The SMILES string of the molecule is CC(C)CC(=O)N1Cc2cccnc2C1. The molecule has 1 amide bonds. The van der Waals surface area contributed by atoms with Gasteiger partial charge in [0.1, 0.15) is 0 Å². The summed E-state index contributed by atoms with van der Waals surface area (Å²) in [6.07, 6.45) is 2.42. The molecule has 0 bridgehead atoms. The summed E-state index contributed by atoms with van der Waals surface area (Å²) in [7, 11) is 0. The van der Waals surface area contributed by atoms with Gasteiger partial charge in [-0.05, 0) is 17.5 Å². The third kappa shape index (κ3) is 2.17. The van der Waals surface area contributed by atoms with Crippen LogP contribution >= 0.6 is 0 Å². The van der Waals surface area contributed by atoms with E-state index in [0.29, 0.717) is 18.9 Å². The second kappa shape index (κ2) is 4.01. The standard InChI is InChI=1S/C12H16N2O/c1-9(2)6-12(15)14-7-10-4-3-5-13-11(10)8-14/h3-5,9H,6-8H2,1-2H3. The zero-order chi connectivity index (χ0) is 10.8. The Kier molecular flexibility index (Phi) is 2.71. The van der Waals surface area contributed by atoms with Gasteiger partial charge in [0.2, 0.25) is 5.91 Å². The minimum Gasteiger partial charge on any atom is -0.332 e. The Morgan fingerprint density at radius 2 is 2.33 bits per heavy atom. The molecule has 15 heavy (non-hydrogen) atoms. The van der Waals surface area contributed by atoms with E-state index in [2.05, 4.69) is 18.8 Å². The van der Waals surface area contributed by atoms with Crippen molar-refractivity contribution in [3.63, 3.8) is 0 Å². The third-order valence-corrected chi connectivity index (χ3v) is 2.62. The normalized spacial score (nSPS) is 14.5. The maximum absolute atomic E-state index is 11.8. The molecule has 1 aliphatic rings. The first-order chi connectivity index (χ1) is 7.16. The number of hydrogen-bond donors (Lipinski definition) is 0. The molecule has 0 unspecified atom stereocenters. The highest BCUT2D eigenvalue weighted by Crippen LogP contribution is 2.21. The summed E-state index contributed by atoms with van der Waals surface area (Å²) >= 11 is 0. The van der Waals surface area contributed by atoms with Crippen LogP contribution in [0.1, 0.15) is 31.5 Å². The Hall–Kier alpha value is -1.38. The Morgan fingerprint density at radius 1 is 1.53 bits per heavy atom. The van der Waals surface area contributed by atoms with Gasteiger partial charge in [-0.15, -0.1) is 0 Å². The first kappa shape index (κ1) is 10.1. The van der Waals surface area contributed by atoms with E-state index >= 15 is 0 Å². The summed E-state index contributed by atoms with van der Waals surface area (Å²) < 4.78 is 0. The van der Waals surface area contributed by atoms with Crippen LogP contribution in [0.25, 0.3) is 0 Å². The van der Waals surface area contributed by atoms with Crippen LogP contribution in [0.15, 0.2) is 18.3 Å². The molecule has 80 valence electrons. The van der Waals surface area contributed by atoms with E-state index in [1.807, 2.05) is 17.0 Å². The summed E-state index contributed by atoms with van der Waals surface area (Å²) in [5.41, 5.74) is 2.24. The second-order valence-corrected chi connectivity index (χ2v) is 4.46. The molecule has 0 fully saturated rings. The van der Waals surface area contributed by atoms with Gasteiger partial charge in [0.05, 0.1) is 12.2 Å². The topological polar surface area (TPSA) is 33.2 Å². The molecule has 1 aromatic rings. The highest BCUT2D eigenvalue weighted by molar-refractivity contribution is 5.77. The molecule has 0 spiro atoms. The monoisotopic (exact) mass is 204 g/mol. The first-order valence-corrected chi connectivity index (χ1v) is 5.37. The number of fused-ring (bicyclic) bond motifs is 1. The van der Waals surface area contributed by atoms with Gasteiger partial charge in [0.15, 0.2) is 0 Å². The maximum Gasteiger partial charge on any atom is 0.223 e. The molecular formula is C12H16N2O. The molecule has 0 atom stereocenters. The van der Waals surface area contributed by atoms with Crippen LogP contribution in [0.5, 0.6) is 0 Å². The summed E-state index contributed by atoms with van der Waals surface area (Å²) in [5.74, 6) is 0.664. The van der Waals surface area contributed by atoms with E-state index in [4.69, 9.17) is 0 Å². The van der Waals surface area contributed by atoms with Gasteiger partial charge in [-0.3, -0.25) is 9.78 Å². The van der Waals surface area contributed by atoms with Crippen molar-refractivity contribution < 1.29 is 4.79 Å². The van der Waals surface area contributed by atoms with Crippen LogP contribution in [0.3, 0.4) is 0 Å². The molecule has 0 radical (unpaired) electrons. The van der Waals surface area contributed by atoms with Crippen LogP contribution in [0.4, 0.5) is 0 Å². The van der Waals surface area contributed by atoms with Gasteiger partial charge in [0.25, 0.3) is 0 Å². The molecule has 3 nitrogen and oxygen atoms in total. The minimum absolute atomic E-state index is 0.239. The molecule has 3 heteroatoms. The number of rotatable bonds is 2. The summed E-state index contributed by atoms with van der Waals surface area (Å²) in [4.78, 5) is 18.0. The lowest BCUT2D eigenvalue weighted by molar-refractivity contribution is -0.132. The molecule has 0 N–H and O–H groups in total. The number of nitrogens with zero attached hydrogens (tertiary/aromatic N) is 2. The van der Waals surface area contributed by atoms with Crippen molar-refractivity contribution in [3.8, 4) is 0 Å². The number of aromatic nitrogens is 1. The number of pyridine rings is 1. The van der Waals surface area contributed by atoms with E-state index in [0.717, 1.165) is 12.2 Å². The average molecular weight is 204 g/mol. The van der Waals surface area contributed by atoms with Gasteiger partial charge < -0.3 is 4.90 Å². The molecule has 0 saturated heterocycles. The van der Waals surface area contributed by atoms with E-state index < -0.39 is 0 Å². The fraction of sp³-hybridized carbons (Fsp3) is 0.500. The zero-order valence-electron chi connectivity index (χ0n) is 9.23. The zero-order valence-corrected chi connectivity index (χ0v) is 9.23. The molecule has 0 aromatic carbocycles. The van der Waals surface area contributed by atoms with Gasteiger partial charge in [-0.1, -0.05) is 19.9 Å². The van der Waals surface area contributed by atoms with Gasteiger partial charge >= 0.3 is 0 Å². The summed E-state index contributed by atoms with van der Waals surface area (Å²) in [6, 6.07) is 3.97. The van der Waals surface area contributed by atoms with Crippen LogP contribution < -0.4 is 0 Å². The predicted molar refractivity (Wildman–Crippen MR) is 57.9 cm³/mol. The first-order valence-electron chi connectivity index (χ1n) is 5.37. The largest absolute Gasteiger partial charge is 0.332 e. The molecule has 2 heterocycles. The maximum atomic E-state index is 11.8. The fourth-order valence-electron chi connectivity index (χ4n) is 1.85. The van der Waals surface area contributed by atoms with E-state index in [9.17, 15) is 4.79 Å². The van der Waals surface area contributed by atoms with Crippen molar-refractivity contribution in [2.75, 3.05) is 0 Å². The number of carbonyl (C=O) groups excluding carboxylic acids is 1. The number of carbonyl (C=O) groups is 1. The Bertz CT molecular complexity index is 349. The number of hydrogen-bond acceptors (Lipinski definition) is 2. The van der Waals surface area contributed by atoms with E-state index in [1.165, 1.54) is 5.56 Å². The van der Waals surface area contributed by atoms with Crippen LogP contribution in [-0.4, -0.2) is 15.8 Å². The van der Waals surface area contributed by atoms with Gasteiger partial charge in [-0.2, -0.15) is 0 Å².